The summed E-state index contributed by atoms with van der Waals surface area (Å²) in [4.78, 5) is 19.5. The molecular formula is C20H15F3N4O. The number of pyridine rings is 2. The van der Waals surface area contributed by atoms with E-state index in [1.54, 1.807) is 24.3 Å². The van der Waals surface area contributed by atoms with E-state index in [4.69, 9.17) is 0 Å². The van der Waals surface area contributed by atoms with Gasteiger partial charge >= 0.3 is 6.18 Å². The first-order valence-electron chi connectivity index (χ1n) is 8.54. The van der Waals surface area contributed by atoms with Gasteiger partial charge in [0.2, 0.25) is 0 Å². The Morgan fingerprint density at radius 2 is 1.71 bits per heavy atom. The number of hydrogen-bond donors (Lipinski definition) is 2. The molecule has 0 bridgehead atoms. The maximum atomic E-state index is 13.3. The molecule has 1 aromatic carbocycles. The second-order valence-electron chi connectivity index (χ2n) is 6.45. The minimum Gasteiger partial charge on any atom is -0.340 e. The maximum Gasteiger partial charge on any atom is 0.419 e. The summed E-state index contributed by atoms with van der Waals surface area (Å²) in [5.74, 6) is 0.693. The van der Waals surface area contributed by atoms with Crippen LogP contribution in [0.2, 0.25) is 0 Å². The van der Waals surface area contributed by atoms with Crippen LogP contribution in [-0.4, -0.2) is 15.8 Å². The average molecular weight is 384 g/mol. The van der Waals surface area contributed by atoms with Crippen LogP contribution in [-0.2, 0) is 23.8 Å². The van der Waals surface area contributed by atoms with Crippen LogP contribution in [0.4, 0.5) is 36.2 Å². The van der Waals surface area contributed by atoms with Crippen LogP contribution >= 0.6 is 0 Å². The molecule has 0 amide bonds. The smallest absolute Gasteiger partial charge is 0.340 e. The standard InChI is InChI=1S/C20H15F3N4O/c21-20(22,23)16-11-25-19(10-17(16)27-18-3-1-2-6-24-18)26-14-5-4-12-8-15(28)9-13(12)7-14/h1-7,10-11H,8-9H2,(H2,24,25,26,27). The molecule has 2 N–H and O–H groups in total. The molecule has 5 nitrogen and oxygen atoms in total. The number of rotatable bonds is 4. The molecule has 1 aliphatic carbocycles. The van der Waals surface area contributed by atoms with Gasteiger partial charge in [-0.15, -0.1) is 0 Å². The number of hydrogen-bond acceptors (Lipinski definition) is 5. The van der Waals surface area contributed by atoms with Gasteiger partial charge in [0.1, 0.15) is 17.4 Å². The Morgan fingerprint density at radius 3 is 2.46 bits per heavy atom. The number of carbonyl (C=O) groups is 1. The maximum absolute atomic E-state index is 13.3. The van der Waals surface area contributed by atoms with E-state index >= 15 is 0 Å². The lowest BCUT2D eigenvalue weighted by Crippen LogP contribution is -2.10. The fourth-order valence-corrected chi connectivity index (χ4v) is 3.10. The van der Waals surface area contributed by atoms with Crippen LogP contribution in [0.1, 0.15) is 16.7 Å². The third-order valence-corrected chi connectivity index (χ3v) is 4.39. The van der Waals surface area contributed by atoms with E-state index in [0.717, 1.165) is 17.3 Å². The van der Waals surface area contributed by atoms with Crippen molar-refractivity contribution in [3.63, 3.8) is 0 Å². The Hall–Kier alpha value is -3.42. The van der Waals surface area contributed by atoms with E-state index < -0.39 is 11.7 Å². The number of fused-ring (bicyclic) bond motifs is 1. The number of ketones is 1. The molecule has 2 heterocycles. The fraction of sp³-hybridized carbons (Fsp3) is 0.150. The van der Waals surface area contributed by atoms with Crippen LogP contribution in [0.5, 0.6) is 0 Å². The van der Waals surface area contributed by atoms with Crippen LogP contribution in [0.15, 0.2) is 54.9 Å². The lowest BCUT2D eigenvalue weighted by molar-refractivity contribution is -0.137. The van der Waals surface area contributed by atoms with Crippen molar-refractivity contribution in [1.82, 2.24) is 9.97 Å². The summed E-state index contributed by atoms with van der Waals surface area (Å²) in [5, 5.41) is 5.70. The van der Waals surface area contributed by atoms with Crippen molar-refractivity contribution in [2.75, 3.05) is 10.6 Å². The van der Waals surface area contributed by atoms with Crippen molar-refractivity contribution in [2.24, 2.45) is 0 Å². The van der Waals surface area contributed by atoms with E-state index in [1.807, 2.05) is 12.1 Å². The van der Waals surface area contributed by atoms with Gasteiger partial charge in [-0.2, -0.15) is 13.2 Å². The number of halogens is 3. The van der Waals surface area contributed by atoms with Crippen LogP contribution in [0, 0.1) is 0 Å². The summed E-state index contributed by atoms with van der Waals surface area (Å²) < 4.78 is 40.0. The van der Waals surface area contributed by atoms with Crippen molar-refractivity contribution >= 4 is 28.8 Å². The second kappa shape index (κ2) is 6.95. The molecule has 0 atom stereocenters. The summed E-state index contributed by atoms with van der Waals surface area (Å²) in [6.07, 6.45) is -1.49. The van der Waals surface area contributed by atoms with Gasteiger partial charge in [0.25, 0.3) is 0 Å². The van der Waals surface area contributed by atoms with Gasteiger partial charge in [-0.3, -0.25) is 4.79 Å². The number of nitrogens with one attached hydrogen (secondary N) is 2. The third-order valence-electron chi connectivity index (χ3n) is 4.39. The molecule has 0 aliphatic heterocycles. The zero-order valence-corrected chi connectivity index (χ0v) is 14.5. The SMILES string of the molecule is O=C1Cc2ccc(Nc3cc(Nc4ccccn4)c(C(F)(F)F)cn3)cc2C1. The number of aromatic nitrogens is 2. The van der Waals surface area contributed by atoms with Gasteiger partial charge in [-0.05, 0) is 35.4 Å². The fourth-order valence-electron chi connectivity index (χ4n) is 3.10. The molecule has 3 aromatic rings. The van der Waals surface area contributed by atoms with Gasteiger partial charge in [0.05, 0.1) is 11.3 Å². The molecule has 0 fully saturated rings. The largest absolute Gasteiger partial charge is 0.419 e. The number of nitrogens with zero attached hydrogens (tertiary/aromatic N) is 2. The van der Waals surface area contributed by atoms with Crippen molar-refractivity contribution < 1.29 is 18.0 Å². The first-order valence-corrected chi connectivity index (χ1v) is 8.54. The zero-order chi connectivity index (χ0) is 19.7. The summed E-state index contributed by atoms with van der Waals surface area (Å²) in [5.41, 5.74) is 1.52. The molecular weight excluding hydrogens is 369 g/mol. The normalized spacial score (nSPS) is 13.3. The van der Waals surface area contributed by atoms with Crippen molar-refractivity contribution in [3.8, 4) is 0 Å². The minimum absolute atomic E-state index is 0.153. The van der Waals surface area contributed by atoms with E-state index in [9.17, 15) is 18.0 Å². The van der Waals surface area contributed by atoms with Gasteiger partial charge < -0.3 is 10.6 Å². The molecule has 0 unspecified atom stereocenters. The molecule has 2 aromatic heterocycles. The molecule has 0 radical (unpaired) electrons. The van der Waals surface area contributed by atoms with Gasteiger partial charge in [0.15, 0.2) is 0 Å². The first-order chi connectivity index (χ1) is 13.4. The highest BCUT2D eigenvalue weighted by atomic mass is 19.4. The van der Waals surface area contributed by atoms with Crippen LogP contribution in [0.3, 0.4) is 0 Å². The zero-order valence-electron chi connectivity index (χ0n) is 14.5. The summed E-state index contributed by atoms with van der Waals surface area (Å²) >= 11 is 0. The molecule has 0 spiro atoms. The second-order valence-corrected chi connectivity index (χ2v) is 6.45. The Bertz CT molecular complexity index is 1040. The van der Waals surface area contributed by atoms with Gasteiger partial charge in [-0.1, -0.05) is 12.1 Å². The molecule has 0 saturated carbocycles. The molecule has 142 valence electrons. The predicted octanol–water partition coefficient (Wildman–Crippen LogP) is 4.65. The number of anilines is 4. The highest BCUT2D eigenvalue weighted by molar-refractivity contribution is 5.88. The van der Waals surface area contributed by atoms with Crippen LogP contribution < -0.4 is 10.6 Å². The minimum atomic E-state index is -4.56. The van der Waals surface area contributed by atoms with Crippen molar-refractivity contribution in [3.05, 3.63) is 71.5 Å². The average Bonchev–Trinajstić information content (AvgIpc) is 3.01. The van der Waals surface area contributed by atoms with E-state index in [-0.39, 0.29) is 17.3 Å². The molecule has 8 heteroatoms. The molecule has 28 heavy (non-hydrogen) atoms. The number of alkyl halides is 3. The summed E-state index contributed by atoms with van der Waals surface area (Å²) in [7, 11) is 0. The van der Waals surface area contributed by atoms with E-state index in [0.29, 0.717) is 24.3 Å². The lowest BCUT2D eigenvalue weighted by atomic mass is 10.1. The number of carbonyl (C=O) groups excluding carboxylic acids is 1. The summed E-state index contributed by atoms with van der Waals surface area (Å²) in [6.45, 7) is 0. The number of benzene rings is 1. The first kappa shape index (κ1) is 18.0. The van der Waals surface area contributed by atoms with E-state index in [1.165, 1.54) is 12.3 Å². The summed E-state index contributed by atoms with van der Waals surface area (Å²) in [6, 6.07) is 11.7. The Balaban J connectivity index is 1.64. The van der Waals surface area contributed by atoms with Gasteiger partial charge in [-0.25, -0.2) is 9.97 Å². The van der Waals surface area contributed by atoms with E-state index in [2.05, 4.69) is 20.6 Å². The Morgan fingerprint density at radius 1 is 0.893 bits per heavy atom. The van der Waals surface area contributed by atoms with Crippen molar-refractivity contribution in [1.29, 1.82) is 0 Å². The highest BCUT2D eigenvalue weighted by Crippen LogP contribution is 2.37. The third kappa shape index (κ3) is 3.80. The molecule has 4 rings (SSSR count). The Kier molecular flexibility index (Phi) is 4.46. The molecule has 0 saturated heterocycles. The van der Waals surface area contributed by atoms with Gasteiger partial charge in [0, 0.05) is 37.0 Å². The van der Waals surface area contributed by atoms with Crippen LogP contribution in [0.25, 0.3) is 0 Å². The van der Waals surface area contributed by atoms with Crippen molar-refractivity contribution in [2.45, 2.75) is 19.0 Å². The quantitative estimate of drug-likeness (QED) is 0.685. The Labute approximate surface area is 158 Å². The highest BCUT2D eigenvalue weighted by Gasteiger charge is 2.34. The monoisotopic (exact) mass is 384 g/mol. The molecule has 1 aliphatic rings. The predicted molar refractivity (Wildman–Crippen MR) is 98.9 cm³/mol. The topological polar surface area (TPSA) is 66.9 Å². The number of Topliss-reactive ketones (excluding diaryl/α,β-unsaturated/α-hetero) is 1. The lowest BCUT2D eigenvalue weighted by Gasteiger charge is -2.16.